The summed E-state index contributed by atoms with van der Waals surface area (Å²) in [7, 11) is -0.180. The van der Waals surface area contributed by atoms with Crippen LogP contribution in [0.2, 0.25) is 0 Å². The molecule has 0 atom stereocenters. The monoisotopic (exact) mass is 471 g/mol. The van der Waals surface area contributed by atoms with Gasteiger partial charge in [0.25, 0.3) is 0 Å². The maximum atomic E-state index is 12.7. The Bertz CT molecular complexity index is 1210. The van der Waals surface area contributed by atoms with Gasteiger partial charge >= 0.3 is 0 Å². The van der Waals surface area contributed by atoms with Gasteiger partial charge in [0.1, 0.15) is 6.54 Å². The van der Waals surface area contributed by atoms with E-state index < -0.39 is 10.0 Å². The summed E-state index contributed by atoms with van der Waals surface area (Å²) in [4.78, 5) is 26.7. The van der Waals surface area contributed by atoms with E-state index in [-0.39, 0.29) is 30.5 Å². The molecule has 0 aromatic heterocycles. The SMILES string of the molecule is COc1cc2c(cc1OC)CC(=O)N(CC(=O)Nc1ccc(N3CCCS3(=O)=O)cc1)C=C2. The number of methoxy groups -OCH3 is 2. The molecular weight excluding hydrogens is 446 g/mol. The Labute approximate surface area is 192 Å². The number of fused-ring (bicyclic) bond motifs is 1. The second-order valence-electron chi connectivity index (χ2n) is 7.76. The summed E-state index contributed by atoms with van der Waals surface area (Å²) in [5.41, 5.74) is 2.68. The molecule has 0 aliphatic carbocycles. The highest BCUT2D eigenvalue weighted by molar-refractivity contribution is 7.93. The number of carbonyl (C=O) groups excluding carboxylic acids is 2. The average Bonchev–Trinajstić information content (AvgIpc) is 3.08. The molecule has 2 amide bonds. The highest BCUT2D eigenvalue weighted by atomic mass is 32.2. The molecule has 0 spiro atoms. The quantitative estimate of drug-likeness (QED) is 0.693. The van der Waals surface area contributed by atoms with Crippen molar-refractivity contribution in [3.8, 4) is 11.5 Å². The molecule has 9 nitrogen and oxygen atoms in total. The second kappa shape index (κ2) is 9.14. The van der Waals surface area contributed by atoms with Crippen LogP contribution < -0.4 is 19.1 Å². The molecule has 2 aliphatic rings. The molecule has 0 saturated carbocycles. The van der Waals surface area contributed by atoms with Gasteiger partial charge in [0.2, 0.25) is 21.8 Å². The van der Waals surface area contributed by atoms with Gasteiger partial charge in [-0.25, -0.2) is 8.42 Å². The number of hydrogen-bond acceptors (Lipinski definition) is 6. The third kappa shape index (κ3) is 4.80. The predicted octanol–water partition coefficient (Wildman–Crippen LogP) is 2.24. The Hall–Kier alpha value is -3.53. The topological polar surface area (TPSA) is 105 Å². The van der Waals surface area contributed by atoms with E-state index in [0.29, 0.717) is 35.8 Å². The Morgan fingerprint density at radius 3 is 2.42 bits per heavy atom. The van der Waals surface area contributed by atoms with Crippen molar-refractivity contribution in [1.29, 1.82) is 0 Å². The maximum absolute atomic E-state index is 12.7. The molecule has 0 radical (unpaired) electrons. The maximum Gasteiger partial charge on any atom is 0.244 e. The summed E-state index contributed by atoms with van der Waals surface area (Å²) in [5.74, 6) is 0.655. The van der Waals surface area contributed by atoms with Gasteiger partial charge < -0.3 is 19.7 Å². The Morgan fingerprint density at radius 2 is 1.79 bits per heavy atom. The van der Waals surface area contributed by atoms with Gasteiger partial charge in [-0.3, -0.25) is 13.9 Å². The van der Waals surface area contributed by atoms with Crippen LogP contribution in [0.15, 0.2) is 42.6 Å². The number of carbonyl (C=O) groups is 2. The van der Waals surface area contributed by atoms with Gasteiger partial charge in [-0.15, -0.1) is 0 Å². The van der Waals surface area contributed by atoms with Crippen LogP contribution >= 0.6 is 0 Å². The molecule has 174 valence electrons. The van der Waals surface area contributed by atoms with Crippen LogP contribution in [0.3, 0.4) is 0 Å². The first-order valence-electron chi connectivity index (χ1n) is 10.4. The lowest BCUT2D eigenvalue weighted by atomic mass is 10.0. The molecule has 2 aromatic rings. The minimum Gasteiger partial charge on any atom is -0.493 e. The summed E-state index contributed by atoms with van der Waals surface area (Å²) in [6.45, 7) is 0.303. The number of benzene rings is 2. The molecule has 2 aromatic carbocycles. The van der Waals surface area contributed by atoms with E-state index in [2.05, 4.69) is 5.32 Å². The molecule has 1 saturated heterocycles. The Morgan fingerprint density at radius 1 is 1.09 bits per heavy atom. The molecule has 33 heavy (non-hydrogen) atoms. The van der Waals surface area contributed by atoms with Gasteiger partial charge in [0.15, 0.2) is 11.5 Å². The molecule has 1 fully saturated rings. The summed E-state index contributed by atoms with van der Waals surface area (Å²) in [6.07, 6.45) is 4.07. The number of ether oxygens (including phenoxy) is 2. The first kappa shape index (κ1) is 22.7. The molecule has 0 bridgehead atoms. The first-order valence-corrected chi connectivity index (χ1v) is 12.0. The van der Waals surface area contributed by atoms with Gasteiger partial charge in [-0.1, -0.05) is 0 Å². The van der Waals surface area contributed by atoms with Crippen LogP contribution in [0, 0.1) is 0 Å². The average molecular weight is 472 g/mol. The van der Waals surface area contributed by atoms with Crippen molar-refractivity contribution in [3.05, 3.63) is 53.7 Å². The Kier molecular flexibility index (Phi) is 6.28. The molecular formula is C23H25N3O6S. The van der Waals surface area contributed by atoms with Crippen LogP contribution in [-0.2, 0) is 26.0 Å². The zero-order valence-corrected chi connectivity index (χ0v) is 19.2. The smallest absolute Gasteiger partial charge is 0.244 e. The van der Waals surface area contributed by atoms with Crippen molar-refractivity contribution < 1.29 is 27.5 Å². The first-order chi connectivity index (χ1) is 15.8. The van der Waals surface area contributed by atoms with Crippen molar-refractivity contribution in [1.82, 2.24) is 4.90 Å². The lowest BCUT2D eigenvalue weighted by Gasteiger charge is -2.18. The molecule has 2 aliphatic heterocycles. The number of hydrogen-bond donors (Lipinski definition) is 1. The van der Waals surface area contributed by atoms with Gasteiger partial charge in [0.05, 0.1) is 32.1 Å². The lowest BCUT2D eigenvalue weighted by molar-refractivity contribution is -0.131. The number of rotatable bonds is 6. The fourth-order valence-electron chi connectivity index (χ4n) is 3.90. The molecule has 1 N–H and O–H groups in total. The highest BCUT2D eigenvalue weighted by Gasteiger charge is 2.28. The number of anilines is 2. The number of amides is 2. The van der Waals surface area contributed by atoms with E-state index in [1.807, 2.05) is 0 Å². The van der Waals surface area contributed by atoms with Crippen LogP contribution in [0.1, 0.15) is 17.5 Å². The lowest BCUT2D eigenvalue weighted by Crippen LogP contribution is -2.34. The number of nitrogens with one attached hydrogen (secondary N) is 1. The van der Waals surface area contributed by atoms with Crippen LogP contribution in [-0.4, -0.2) is 58.2 Å². The van der Waals surface area contributed by atoms with Crippen LogP contribution in [0.4, 0.5) is 11.4 Å². The van der Waals surface area contributed by atoms with E-state index in [0.717, 1.165) is 11.1 Å². The predicted molar refractivity (Wildman–Crippen MR) is 125 cm³/mol. The summed E-state index contributed by atoms with van der Waals surface area (Å²) in [6, 6.07) is 10.2. The zero-order valence-electron chi connectivity index (χ0n) is 18.4. The van der Waals surface area contributed by atoms with Gasteiger partial charge in [-0.05, 0) is 60.0 Å². The largest absolute Gasteiger partial charge is 0.493 e. The van der Waals surface area contributed by atoms with Crippen molar-refractivity contribution in [2.45, 2.75) is 12.8 Å². The standard InChI is InChI=1S/C23H25N3O6S/c1-31-20-12-16-8-10-25(23(28)14-17(16)13-21(20)32-2)15-22(27)24-18-4-6-19(7-5-18)26-9-3-11-33(26,29)30/h4-8,10,12-13H,3,9,11,14-15H2,1-2H3,(H,24,27). The number of nitrogens with zero attached hydrogens (tertiary/aromatic N) is 2. The highest BCUT2D eigenvalue weighted by Crippen LogP contribution is 2.32. The van der Waals surface area contributed by atoms with E-state index in [1.54, 1.807) is 55.8 Å². The number of sulfonamides is 1. The van der Waals surface area contributed by atoms with Crippen molar-refractivity contribution >= 4 is 39.3 Å². The van der Waals surface area contributed by atoms with E-state index in [9.17, 15) is 18.0 Å². The van der Waals surface area contributed by atoms with Crippen LogP contribution in [0.25, 0.3) is 6.08 Å². The fourth-order valence-corrected chi connectivity index (χ4v) is 5.46. The van der Waals surface area contributed by atoms with E-state index >= 15 is 0 Å². The third-order valence-electron chi connectivity index (χ3n) is 5.59. The molecule has 4 rings (SSSR count). The summed E-state index contributed by atoms with van der Waals surface area (Å²) in [5, 5.41) is 2.75. The van der Waals surface area contributed by atoms with Crippen molar-refractivity contribution in [2.24, 2.45) is 0 Å². The van der Waals surface area contributed by atoms with Crippen molar-refractivity contribution in [3.63, 3.8) is 0 Å². The Balaban J connectivity index is 1.42. The van der Waals surface area contributed by atoms with Crippen LogP contribution in [0.5, 0.6) is 11.5 Å². The third-order valence-corrected chi connectivity index (χ3v) is 7.46. The minimum atomic E-state index is -3.26. The summed E-state index contributed by atoms with van der Waals surface area (Å²) >= 11 is 0. The minimum absolute atomic E-state index is 0.120. The van der Waals surface area contributed by atoms with Gasteiger partial charge in [-0.2, -0.15) is 0 Å². The zero-order chi connectivity index (χ0) is 23.6. The molecule has 10 heteroatoms. The van der Waals surface area contributed by atoms with E-state index in [4.69, 9.17) is 9.47 Å². The van der Waals surface area contributed by atoms with Crippen molar-refractivity contribution in [2.75, 3.05) is 42.7 Å². The van der Waals surface area contributed by atoms with E-state index in [1.165, 1.54) is 16.3 Å². The summed E-state index contributed by atoms with van der Waals surface area (Å²) < 4.78 is 36.1. The second-order valence-corrected chi connectivity index (χ2v) is 9.77. The normalized spacial score (nSPS) is 16.8. The molecule has 0 unspecified atom stereocenters. The molecule has 2 heterocycles. The van der Waals surface area contributed by atoms with Gasteiger partial charge in [0, 0.05) is 18.4 Å². The fraction of sp³-hybridized carbons (Fsp3) is 0.304.